The molecule has 0 bridgehead atoms. The molecule has 4 aromatic heterocycles. The Morgan fingerprint density at radius 1 is 1.19 bits per heavy atom. The molecule has 0 spiro atoms. The number of aromatic nitrogens is 6. The molecule has 9 heteroatoms. The summed E-state index contributed by atoms with van der Waals surface area (Å²) in [5, 5.41) is 22.4. The van der Waals surface area contributed by atoms with Gasteiger partial charge in [0.05, 0.1) is 5.69 Å². The van der Waals surface area contributed by atoms with Gasteiger partial charge in [-0.25, -0.2) is 0 Å². The van der Waals surface area contributed by atoms with Gasteiger partial charge in [0, 0.05) is 22.8 Å². The van der Waals surface area contributed by atoms with Crippen molar-refractivity contribution in [1.29, 1.82) is 0 Å². The average molecular weight is 365 g/mol. The molecule has 4 aromatic rings. The zero-order chi connectivity index (χ0) is 17.8. The lowest BCUT2D eigenvalue weighted by atomic mass is 9.91. The van der Waals surface area contributed by atoms with Gasteiger partial charge in [-0.2, -0.15) is 14.3 Å². The van der Waals surface area contributed by atoms with Crippen molar-refractivity contribution in [3.05, 3.63) is 51.6 Å². The monoisotopic (exact) mass is 365 g/mol. The van der Waals surface area contributed by atoms with Crippen molar-refractivity contribution in [2.45, 2.75) is 26.2 Å². The number of hydrogen-bond acceptors (Lipinski definition) is 6. The molecule has 0 saturated carbocycles. The minimum atomic E-state index is -0.0152. The topological polar surface area (TPSA) is 90.0 Å². The molecule has 5 heterocycles. The lowest BCUT2D eigenvalue weighted by Gasteiger charge is -2.23. The minimum Gasteiger partial charge on any atom is -0.310 e. The number of hydrogen-bond donors (Lipinski definition) is 1. The van der Waals surface area contributed by atoms with E-state index in [2.05, 4.69) is 31.8 Å². The Balaban J connectivity index is 1.70. The molecule has 26 heavy (non-hydrogen) atoms. The van der Waals surface area contributed by atoms with E-state index in [1.54, 1.807) is 20.5 Å². The Morgan fingerprint density at radius 3 is 2.88 bits per heavy atom. The van der Waals surface area contributed by atoms with Gasteiger partial charge >= 0.3 is 0 Å². The maximum Gasteiger partial charge on any atom is 0.226 e. The van der Waals surface area contributed by atoms with Crippen molar-refractivity contribution in [1.82, 2.24) is 29.6 Å². The van der Waals surface area contributed by atoms with E-state index in [4.69, 9.17) is 0 Å². The van der Waals surface area contributed by atoms with Crippen molar-refractivity contribution in [3.63, 3.8) is 0 Å². The van der Waals surface area contributed by atoms with Crippen LogP contribution in [0.1, 0.15) is 34.3 Å². The molecule has 0 fully saturated rings. The molecular weight excluding hydrogens is 350 g/mol. The van der Waals surface area contributed by atoms with Crippen LogP contribution in [0.5, 0.6) is 0 Å². The molecule has 0 saturated heterocycles. The van der Waals surface area contributed by atoms with Crippen LogP contribution in [0.4, 0.5) is 5.82 Å². The molecule has 1 aliphatic heterocycles. The molecule has 0 unspecified atom stereocenters. The molecular formula is C17H15N7OS. The van der Waals surface area contributed by atoms with Crippen molar-refractivity contribution < 1.29 is 4.79 Å². The number of carbonyl (C=O) groups is 1. The SMILES string of the molecule is Cc1nn(-c2ccc3nnc(C)n3n2)c2c1[C@@H](c1cccs1)CC(=O)N2. The van der Waals surface area contributed by atoms with E-state index >= 15 is 0 Å². The van der Waals surface area contributed by atoms with E-state index in [1.165, 1.54) is 4.88 Å². The predicted molar refractivity (Wildman–Crippen MR) is 96.8 cm³/mol. The van der Waals surface area contributed by atoms with E-state index in [0.717, 1.165) is 11.3 Å². The fourth-order valence-electron chi connectivity index (χ4n) is 3.44. The van der Waals surface area contributed by atoms with E-state index in [1.807, 2.05) is 37.4 Å². The second-order valence-electron chi connectivity index (χ2n) is 6.29. The number of carbonyl (C=O) groups excluding carboxylic acids is 1. The van der Waals surface area contributed by atoms with Gasteiger partial charge in [-0.15, -0.1) is 26.6 Å². The van der Waals surface area contributed by atoms with Crippen molar-refractivity contribution in [3.8, 4) is 5.82 Å². The molecule has 8 nitrogen and oxygen atoms in total. The Labute approximate surface area is 152 Å². The van der Waals surface area contributed by atoms with Crippen LogP contribution in [0.3, 0.4) is 0 Å². The fourth-order valence-corrected chi connectivity index (χ4v) is 4.28. The molecule has 0 aromatic carbocycles. The van der Waals surface area contributed by atoms with Gasteiger partial charge in [-0.05, 0) is 37.4 Å². The van der Waals surface area contributed by atoms with Crippen LogP contribution in [0.2, 0.25) is 0 Å². The zero-order valence-electron chi connectivity index (χ0n) is 14.2. The number of amides is 1. The Bertz CT molecular complexity index is 1140. The smallest absolute Gasteiger partial charge is 0.226 e. The summed E-state index contributed by atoms with van der Waals surface area (Å²) >= 11 is 1.66. The minimum absolute atomic E-state index is 0.0152. The maximum atomic E-state index is 12.4. The summed E-state index contributed by atoms with van der Waals surface area (Å²) in [4.78, 5) is 13.5. The molecule has 0 radical (unpaired) electrons. The molecule has 5 rings (SSSR count). The zero-order valence-corrected chi connectivity index (χ0v) is 15.0. The first-order valence-electron chi connectivity index (χ1n) is 8.24. The third kappa shape index (κ3) is 2.17. The molecule has 1 atom stereocenters. The highest BCUT2D eigenvalue weighted by molar-refractivity contribution is 7.10. The molecule has 1 amide bonds. The second-order valence-corrected chi connectivity index (χ2v) is 7.27. The lowest BCUT2D eigenvalue weighted by molar-refractivity contribution is -0.116. The normalized spacial score (nSPS) is 16.7. The van der Waals surface area contributed by atoms with E-state index in [0.29, 0.717) is 29.5 Å². The predicted octanol–water partition coefficient (Wildman–Crippen LogP) is 2.46. The molecule has 130 valence electrons. The van der Waals surface area contributed by atoms with E-state index in [-0.39, 0.29) is 11.8 Å². The number of nitrogens with zero attached hydrogens (tertiary/aromatic N) is 6. The largest absolute Gasteiger partial charge is 0.310 e. The Kier molecular flexibility index (Phi) is 3.20. The third-order valence-electron chi connectivity index (χ3n) is 4.61. The van der Waals surface area contributed by atoms with Crippen LogP contribution in [0.25, 0.3) is 11.5 Å². The quantitative estimate of drug-likeness (QED) is 0.589. The molecule has 1 aliphatic rings. The number of nitrogens with one attached hydrogen (secondary N) is 1. The first kappa shape index (κ1) is 15.2. The number of thiophene rings is 1. The molecule has 0 aliphatic carbocycles. The Morgan fingerprint density at radius 2 is 2.08 bits per heavy atom. The van der Waals surface area contributed by atoms with E-state index < -0.39 is 0 Å². The average Bonchev–Trinajstić information content (AvgIpc) is 3.35. The number of fused-ring (bicyclic) bond motifs is 2. The standard InChI is InChI=1S/C17H15N7OS/c1-9-16-11(12-4-3-7-26-12)8-15(25)18-17(16)24(21-9)14-6-5-13-20-19-10(2)23(13)22-14/h3-7,11H,8H2,1-2H3,(H,18,25)/t11-/m1/s1. The van der Waals surface area contributed by atoms with Crippen LogP contribution >= 0.6 is 11.3 Å². The number of anilines is 1. The highest BCUT2D eigenvalue weighted by atomic mass is 32.1. The van der Waals surface area contributed by atoms with Gasteiger partial charge in [0.25, 0.3) is 0 Å². The fraction of sp³-hybridized carbons (Fsp3) is 0.235. The summed E-state index contributed by atoms with van der Waals surface area (Å²) in [5.74, 6) is 2.00. The summed E-state index contributed by atoms with van der Waals surface area (Å²) in [7, 11) is 0. The van der Waals surface area contributed by atoms with Crippen molar-refractivity contribution >= 4 is 28.7 Å². The van der Waals surface area contributed by atoms with Gasteiger partial charge in [0.15, 0.2) is 17.3 Å². The van der Waals surface area contributed by atoms with Crippen LogP contribution < -0.4 is 5.32 Å². The first-order chi connectivity index (χ1) is 12.6. The number of aryl methyl sites for hydroxylation is 2. The maximum absolute atomic E-state index is 12.4. The van der Waals surface area contributed by atoms with Gasteiger partial charge in [-0.3, -0.25) is 4.79 Å². The summed E-state index contributed by atoms with van der Waals surface area (Å²) < 4.78 is 3.36. The van der Waals surface area contributed by atoms with Gasteiger partial charge < -0.3 is 5.32 Å². The van der Waals surface area contributed by atoms with Crippen LogP contribution in [-0.4, -0.2) is 35.5 Å². The van der Waals surface area contributed by atoms with Crippen LogP contribution in [0.15, 0.2) is 29.6 Å². The number of rotatable bonds is 2. The Hall–Kier alpha value is -3.07. The second kappa shape index (κ2) is 5.46. The summed E-state index contributed by atoms with van der Waals surface area (Å²) in [5.41, 5.74) is 2.61. The summed E-state index contributed by atoms with van der Waals surface area (Å²) in [6.07, 6.45) is 0.428. The first-order valence-corrected chi connectivity index (χ1v) is 9.12. The highest BCUT2D eigenvalue weighted by Crippen LogP contribution is 2.41. The van der Waals surface area contributed by atoms with Crippen molar-refractivity contribution in [2.24, 2.45) is 0 Å². The van der Waals surface area contributed by atoms with Crippen LogP contribution in [0, 0.1) is 13.8 Å². The van der Waals surface area contributed by atoms with Gasteiger partial charge in [0.1, 0.15) is 5.82 Å². The molecule has 1 N–H and O–H groups in total. The highest BCUT2D eigenvalue weighted by Gasteiger charge is 2.33. The summed E-state index contributed by atoms with van der Waals surface area (Å²) in [6, 6.07) is 7.75. The summed E-state index contributed by atoms with van der Waals surface area (Å²) in [6.45, 7) is 3.81. The van der Waals surface area contributed by atoms with Crippen molar-refractivity contribution in [2.75, 3.05) is 5.32 Å². The van der Waals surface area contributed by atoms with E-state index in [9.17, 15) is 4.79 Å². The third-order valence-corrected chi connectivity index (χ3v) is 5.60. The van der Waals surface area contributed by atoms with Gasteiger partial charge in [0.2, 0.25) is 5.91 Å². The lowest BCUT2D eigenvalue weighted by Crippen LogP contribution is -2.24. The van der Waals surface area contributed by atoms with Crippen LogP contribution in [-0.2, 0) is 4.79 Å². The van der Waals surface area contributed by atoms with Gasteiger partial charge in [-0.1, -0.05) is 6.07 Å².